The Kier molecular flexibility index (Phi) is 5.56. The molecule has 1 fully saturated rings. The number of hydrogen-bond donors (Lipinski definition) is 3. The van der Waals surface area contributed by atoms with Crippen LogP contribution in [0.15, 0.2) is 30.6 Å². The summed E-state index contributed by atoms with van der Waals surface area (Å²) in [6, 6.07) is 4.51. The fourth-order valence-corrected chi connectivity index (χ4v) is 4.70. The van der Waals surface area contributed by atoms with Gasteiger partial charge in [-0.2, -0.15) is 15.0 Å². The number of aromatic nitrogens is 4. The van der Waals surface area contributed by atoms with E-state index in [4.69, 9.17) is 15.6 Å². The number of carboxylic acid groups (broad SMARTS) is 1. The fourth-order valence-electron chi connectivity index (χ4n) is 3.16. The molecule has 1 aliphatic carbocycles. The highest BCUT2D eigenvalue weighted by Crippen LogP contribution is 2.41. The number of hydrogen-bond acceptors (Lipinski definition) is 7. The van der Waals surface area contributed by atoms with Crippen molar-refractivity contribution in [3.8, 4) is 11.4 Å². The third kappa shape index (κ3) is 4.51. The molecule has 1 aliphatic rings. The van der Waals surface area contributed by atoms with Gasteiger partial charge in [-0.25, -0.2) is 4.21 Å². The van der Waals surface area contributed by atoms with E-state index in [1.165, 1.54) is 0 Å². The molecule has 10 heteroatoms. The second-order valence-electron chi connectivity index (χ2n) is 7.02. The van der Waals surface area contributed by atoms with Crippen LogP contribution in [0.3, 0.4) is 0 Å². The maximum Gasteiger partial charge on any atom is 0.320 e. The second-order valence-corrected chi connectivity index (χ2v) is 9.46. The highest BCUT2D eigenvalue weighted by atomic mass is 32.2. The van der Waals surface area contributed by atoms with Crippen LogP contribution in [0, 0.1) is 4.78 Å². The van der Waals surface area contributed by atoms with Crippen LogP contribution < -0.4 is 5.73 Å². The lowest BCUT2D eigenvalue weighted by atomic mass is 9.75. The first kappa shape index (κ1) is 19.4. The Morgan fingerprint density at radius 2 is 2.15 bits per heavy atom. The molecule has 4 N–H and O–H groups in total. The minimum Gasteiger partial charge on any atom is -0.480 e. The summed E-state index contributed by atoms with van der Waals surface area (Å²) in [5.41, 5.74) is 6.55. The van der Waals surface area contributed by atoms with E-state index in [0.717, 1.165) is 25.0 Å². The number of nitrogens with one attached hydrogen (secondary N) is 1. The zero-order chi connectivity index (χ0) is 19.5. The maximum absolute atomic E-state index is 12.5. The fraction of sp³-hybridized carbons (Fsp3) is 0.529. The molecule has 146 valence electrons. The van der Waals surface area contributed by atoms with Gasteiger partial charge in [-0.05, 0) is 44.2 Å². The summed E-state index contributed by atoms with van der Waals surface area (Å²) in [7, 11) is -2.90. The van der Waals surface area contributed by atoms with Crippen LogP contribution in [0.25, 0.3) is 11.4 Å². The van der Waals surface area contributed by atoms with Crippen molar-refractivity contribution >= 4 is 15.7 Å². The van der Waals surface area contributed by atoms with Gasteiger partial charge >= 0.3 is 5.97 Å². The van der Waals surface area contributed by atoms with E-state index in [1.807, 2.05) is 18.2 Å². The molecule has 2 aromatic heterocycles. The van der Waals surface area contributed by atoms with Crippen molar-refractivity contribution < 1.29 is 14.1 Å². The monoisotopic (exact) mass is 392 g/mol. The molecule has 2 aromatic rings. The van der Waals surface area contributed by atoms with Gasteiger partial charge in [0.25, 0.3) is 0 Å². The van der Waals surface area contributed by atoms with Crippen molar-refractivity contribution in [2.24, 2.45) is 5.73 Å². The number of carboxylic acids is 1. The summed E-state index contributed by atoms with van der Waals surface area (Å²) in [5.74, 6) is -0.967. The Balaban J connectivity index is 1.66. The van der Waals surface area contributed by atoms with Gasteiger partial charge in [0.05, 0.1) is 17.4 Å². The molecule has 27 heavy (non-hydrogen) atoms. The van der Waals surface area contributed by atoms with E-state index in [2.05, 4.69) is 15.2 Å². The minimum atomic E-state index is -2.90. The molecular formula is C17H24N6O3S. The zero-order valence-corrected chi connectivity index (χ0v) is 15.8. The van der Waals surface area contributed by atoms with E-state index in [-0.39, 0.29) is 23.5 Å². The molecule has 1 unspecified atom stereocenters. The van der Waals surface area contributed by atoms with Gasteiger partial charge in [-0.3, -0.25) is 14.6 Å². The number of carbonyl (C=O) groups is 1. The van der Waals surface area contributed by atoms with Crippen molar-refractivity contribution in [1.82, 2.24) is 20.0 Å². The Bertz CT molecular complexity index is 892. The molecule has 1 saturated carbocycles. The third-order valence-electron chi connectivity index (χ3n) is 5.10. The Labute approximate surface area is 158 Å². The van der Waals surface area contributed by atoms with Crippen LogP contribution >= 0.6 is 0 Å². The van der Waals surface area contributed by atoms with Crippen molar-refractivity contribution in [3.05, 3.63) is 30.6 Å². The van der Waals surface area contributed by atoms with Crippen molar-refractivity contribution in [1.29, 1.82) is 4.78 Å². The van der Waals surface area contributed by atoms with Gasteiger partial charge in [0.15, 0.2) is 0 Å². The van der Waals surface area contributed by atoms with Crippen molar-refractivity contribution in [3.63, 3.8) is 0 Å². The molecule has 3 rings (SSSR count). The van der Waals surface area contributed by atoms with Crippen LogP contribution in [0.1, 0.15) is 32.1 Å². The molecule has 0 bridgehead atoms. The number of nitrogens with two attached hydrogens (primary N) is 1. The largest absolute Gasteiger partial charge is 0.480 e. The van der Waals surface area contributed by atoms with Gasteiger partial charge < -0.3 is 10.8 Å². The van der Waals surface area contributed by atoms with Crippen LogP contribution in [0.5, 0.6) is 0 Å². The predicted molar refractivity (Wildman–Crippen MR) is 101 cm³/mol. The van der Waals surface area contributed by atoms with Gasteiger partial charge in [0, 0.05) is 27.4 Å². The first-order valence-electron chi connectivity index (χ1n) is 8.88. The zero-order valence-electron chi connectivity index (χ0n) is 15.0. The number of nitrogens with zero attached hydrogens (tertiary/aromatic N) is 4. The van der Waals surface area contributed by atoms with E-state index < -0.39 is 21.7 Å². The molecular weight excluding hydrogens is 368 g/mol. The predicted octanol–water partition coefficient (Wildman–Crippen LogP) is 1.46. The molecule has 9 nitrogen and oxygen atoms in total. The summed E-state index contributed by atoms with van der Waals surface area (Å²) in [4.78, 5) is 16.7. The van der Waals surface area contributed by atoms with Gasteiger partial charge in [-0.1, -0.05) is 6.07 Å². The minimum absolute atomic E-state index is 0.0116. The van der Waals surface area contributed by atoms with Crippen LogP contribution in [-0.4, -0.2) is 52.8 Å². The van der Waals surface area contributed by atoms with Gasteiger partial charge in [0.1, 0.15) is 11.7 Å². The van der Waals surface area contributed by atoms with Crippen LogP contribution in [0.2, 0.25) is 0 Å². The van der Waals surface area contributed by atoms with Gasteiger partial charge in [-0.15, -0.1) is 0 Å². The van der Waals surface area contributed by atoms with Gasteiger partial charge in [0.2, 0.25) is 0 Å². The lowest BCUT2D eigenvalue weighted by Gasteiger charge is -2.41. The lowest BCUT2D eigenvalue weighted by molar-refractivity contribution is -0.138. The molecule has 0 aliphatic heterocycles. The van der Waals surface area contributed by atoms with E-state index in [0.29, 0.717) is 12.1 Å². The first-order valence-corrected chi connectivity index (χ1v) is 10.8. The van der Waals surface area contributed by atoms with Crippen molar-refractivity contribution in [2.45, 2.75) is 43.7 Å². The lowest BCUT2D eigenvalue weighted by Crippen LogP contribution is -2.44. The average Bonchev–Trinajstić information content (AvgIpc) is 3.10. The number of rotatable bonds is 9. The smallest absolute Gasteiger partial charge is 0.320 e. The summed E-state index contributed by atoms with van der Waals surface area (Å²) >= 11 is 0. The Morgan fingerprint density at radius 3 is 2.74 bits per heavy atom. The summed E-state index contributed by atoms with van der Waals surface area (Å²) in [6.07, 6.45) is 6.70. The summed E-state index contributed by atoms with van der Waals surface area (Å²) < 4.78 is 20.6. The Morgan fingerprint density at radius 1 is 1.37 bits per heavy atom. The molecule has 0 aromatic carbocycles. The molecule has 0 spiro atoms. The summed E-state index contributed by atoms with van der Waals surface area (Å²) in [6.45, 7) is 0. The first-order chi connectivity index (χ1) is 12.8. The third-order valence-corrected chi connectivity index (χ3v) is 6.86. The molecule has 0 saturated heterocycles. The van der Waals surface area contributed by atoms with Crippen molar-refractivity contribution in [2.75, 3.05) is 11.5 Å². The Hall–Kier alpha value is -2.33. The normalized spacial score (nSPS) is 19.0. The second kappa shape index (κ2) is 7.73. The molecule has 2 atom stereocenters. The SMILES string of the molecule is N=S(=O)(CC[C@H](N)C(=O)O)CCC1(n2ncc(-c3ccccn3)n2)CCC1. The standard InChI is InChI=1S/C17H24N6O3S/c18-13(16(24)25)5-10-27(19,26)11-8-17(6-3-7-17)23-21-12-15(22-23)14-4-1-2-9-20-14/h1-2,4,9,12-13,19H,3,5-8,10-11,18H2,(H,24,25)/t13-,27?/m0/s1. The van der Waals surface area contributed by atoms with E-state index in [9.17, 15) is 9.00 Å². The van der Waals surface area contributed by atoms with Crippen LogP contribution in [-0.2, 0) is 20.1 Å². The topological polar surface area (TPSA) is 148 Å². The molecule has 0 radical (unpaired) electrons. The highest BCUT2D eigenvalue weighted by molar-refractivity contribution is 7.92. The van der Waals surface area contributed by atoms with E-state index >= 15 is 0 Å². The molecule has 2 heterocycles. The average molecular weight is 392 g/mol. The highest BCUT2D eigenvalue weighted by Gasteiger charge is 2.41. The maximum atomic E-state index is 12.5. The quantitative estimate of drug-likeness (QED) is 0.585. The van der Waals surface area contributed by atoms with E-state index in [1.54, 1.807) is 17.2 Å². The molecule has 0 amide bonds. The number of pyridine rings is 1. The number of aliphatic carboxylic acids is 1. The van der Waals surface area contributed by atoms with Crippen LogP contribution in [0.4, 0.5) is 0 Å². The summed E-state index contributed by atoms with van der Waals surface area (Å²) in [5, 5.41) is 17.8.